The van der Waals surface area contributed by atoms with Crippen molar-refractivity contribution in [2.75, 3.05) is 6.54 Å². The van der Waals surface area contributed by atoms with Crippen molar-refractivity contribution in [2.24, 2.45) is 0 Å². The maximum absolute atomic E-state index is 11.3. The Kier molecular flexibility index (Phi) is 3.97. The van der Waals surface area contributed by atoms with Crippen LogP contribution < -0.4 is 0 Å². The average Bonchev–Trinajstić information content (AvgIpc) is 2.82. The summed E-state index contributed by atoms with van der Waals surface area (Å²) in [7, 11) is 0. The Balaban J connectivity index is 2.29. The van der Waals surface area contributed by atoms with E-state index in [0.717, 1.165) is 37.1 Å². The fourth-order valence-corrected chi connectivity index (χ4v) is 2.86. The monoisotopic (exact) mass is 248 g/mol. The zero-order valence-corrected chi connectivity index (χ0v) is 11.0. The highest BCUT2D eigenvalue weighted by molar-refractivity contribution is 5.73. The third-order valence-electron chi connectivity index (χ3n) is 3.73. The van der Waals surface area contributed by atoms with Gasteiger partial charge in [-0.3, -0.25) is 14.7 Å². The van der Waals surface area contributed by atoms with E-state index in [0.29, 0.717) is 0 Å². The molecule has 1 aliphatic rings. The van der Waals surface area contributed by atoms with E-state index in [9.17, 15) is 9.90 Å². The van der Waals surface area contributed by atoms with Crippen LogP contribution in [0.3, 0.4) is 0 Å². The molecule has 0 bridgehead atoms. The summed E-state index contributed by atoms with van der Waals surface area (Å²) in [5, 5.41) is 9.28. The highest BCUT2D eigenvalue weighted by Gasteiger charge is 2.36. The average molecular weight is 248 g/mol. The summed E-state index contributed by atoms with van der Waals surface area (Å²) < 4.78 is 0. The molecule has 2 atom stereocenters. The van der Waals surface area contributed by atoms with Crippen LogP contribution >= 0.6 is 0 Å². The van der Waals surface area contributed by atoms with Crippen molar-refractivity contribution in [3.63, 3.8) is 0 Å². The van der Waals surface area contributed by atoms with Crippen LogP contribution in [-0.4, -0.2) is 33.5 Å². The molecule has 0 spiro atoms. The van der Waals surface area contributed by atoms with Crippen molar-refractivity contribution in [1.82, 2.24) is 9.88 Å². The Morgan fingerprint density at radius 3 is 3.06 bits per heavy atom. The Bertz CT molecular complexity index is 434. The lowest BCUT2D eigenvalue weighted by Gasteiger charge is -2.30. The smallest absolute Gasteiger partial charge is 0.320 e. The molecule has 0 amide bonds. The van der Waals surface area contributed by atoms with Gasteiger partial charge in [-0.2, -0.15) is 0 Å². The van der Waals surface area contributed by atoms with Gasteiger partial charge in [-0.05, 0) is 44.4 Å². The summed E-state index contributed by atoms with van der Waals surface area (Å²) in [5.74, 6) is -0.709. The molecule has 1 saturated heterocycles. The lowest BCUT2D eigenvalue weighted by molar-refractivity contribution is -0.143. The first-order valence-corrected chi connectivity index (χ1v) is 6.55. The van der Waals surface area contributed by atoms with Gasteiger partial charge in [-0.25, -0.2) is 0 Å². The van der Waals surface area contributed by atoms with Gasteiger partial charge in [0.1, 0.15) is 6.04 Å². The Morgan fingerprint density at radius 1 is 1.67 bits per heavy atom. The van der Waals surface area contributed by atoms with Gasteiger partial charge < -0.3 is 5.11 Å². The third-order valence-corrected chi connectivity index (χ3v) is 3.73. The van der Waals surface area contributed by atoms with Crippen LogP contribution in [0.4, 0.5) is 0 Å². The minimum absolute atomic E-state index is 0.120. The van der Waals surface area contributed by atoms with Crippen molar-refractivity contribution in [2.45, 2.75) is 45.2 Å². The quantitative estimate of drug-likeness (QED) is 0.889. The molecule has 0 radical (unpaired) electrons. The van der Waals surface area contributed by atoms with Crippen LogP contribution in [0.25, 0.3) is 0 Å². The largest absolute Gasteiger partial charge is 0.480 e. The number of rotatable bonds is 4. The second-order valence-corrected chi connectivity index (χ2v) is 4.86. The molecule has 2 unspecified atom stereocenters. The molecule has 0 saturated carbocycles. The van der Waals surface area contributed by atoms with E-state index >= 15 is 0 Å². The van der Waals surface area contributed by atoms with Crippen LogP contribution in [-0.2, 0) is 4.79 Å². The standard InChI is InChI=1S/C14H20N2O2/c1-3-11(13-10(2)6-4-8-15-13)16-9-5-7-12(16)14(17)18/h4,6,8,11-12H,3,5,7,9H2,1-2H3,(H,17,18). The molecule has 2 heterocycles. The van der Waals surface area contributed by atoms with Crippen molar-refractivity contribution in [3.8, 4) is 0 Å². The van der Waals surface area contributed by atoms with Crippen LogP contribution in [0.1, 0.15) is 43.5 Å². The van der Waals surface area contributed by atoms with Crippen molar-refractivity contribution < 1.29 is 9.90 Å². The molecule has 4 nitrogen and oxygen atoms in total. The fraction of sp³-hybridized carbons (Fsp3) is 0.571. The second kappa shape index (κ2) is 5.48. The number of aliphatic carboxylic acids is 1. The van der Waals surface area contributed by atoms with Gasteiger partial charge in [0.25, 0.3) is 0 Å². The normalized spacial score (nSPS) is 22.0. The Morgan fingerprint density at radius 2 is 2.44 bits per heavy atom. The van der Waals surface area contributed by atoms with Crippen LogP contribution in [0.5, 0.6) is 0 Å². The second-order valence-electron chi connectivity index (χ2n) is 4.86. The summed E-state index contributed by atoms with van der Waals surface area (Å²) in [5.41, 5.74) is 2.16. The summed E-state index contributed by atoms with van der Waals surface area (Å²) >= 11 is 0. The number of pyridine rings is 1. The first-order valence-electron chi connectivity index (χ1n) is 6.55. The van der Waals surface area contributed by atoms with E-state index in [-0.39, 0.29) is 12.1 Å². The molecule has 1 aromatic heterocycles. The van der Waals surface area contributed by atoms with Crippen molar-refractivity contribution in [1.29, 1.82) is 0 Å². The summed E-state index contributed by atoms with van der Waals surface area (Å²) in [6.45, 7) is 4.98. The molecule has 98 valence electrons. The highest BCUT2D eigenvalue weighted by atomic mass is 16.4. The van der Waals surface area contributed by atoms with E-state index in [4.69, 9.17) is 0 Å². The maximum atomic E-state index is 11.3. The van der Waals surface area contributed by atoms with Gasteiger partial charge in [0.2, 0.25) is 0 Å². The van der Waals surface area contributed by atoms with Gasteiger partial charge in [-0.15, -0.1) is 0 Å². The molecule has 18 heavy (non-hydrogen) atoms. The van der Waals surface area contributed by atoms with Gasteiger partial charge in [0.15, 0.2) is 0 Å². The number of carboxylic acids is 1. The molecule has 0 aliphatic carbocycles. The number of hydrogen-bond acceptors (Lipinski definition) is 3. The van der Waals surface area contributed by atoms with Crippen LogP contribution in [0.15, 0.2) is 18.3 Å². The molecule has 1 N–H and O–H groups in total. The number of hydrogen-bond donors (Lipinski definition) is 1. The molecular weight excluding hydrogens is 228 g/mol. The van der Waals surface area contributed by atoms with Gasteiger partial charge in [-0.1, -0.05) is 13.0 Å². The van der Waals surface area contributed by atoms with Crippen LogP contribution in [0.2, 0.25) is 0 Å². The summed E-state index contributed by atoms with van der Waals surface area (Å²) in [6, 6.07) is 3.73. The molecule has 1 fully saturated rings. The fourth-order valence-electron chi connectivity index (χ4n) is 2.86. The lowest BCUT2D eigenvalue weighted by Crippen LogP contribution is -2.39. The summed E-state index contributed by atoms with van der Waals surface area (Å²) in [4.78, 5) is 17.8. The van der Waals surface area contributed by atoms with E-state index < -0.39 is 5.97 Å². The number of nitrogens with zero attached hydrogens (tertiary/aromatic N) is 2. The zero-order valence-electron chi connectivity index (χ0n) is 11.0. The van der Waals surface area contributed by atoms with E-state index in [1.807, 2.05) is 19.1 Å². The number of carboxylic acid groups (broad SMARTS) is 1. The van der Waals surface area contributed by atoms with E-state index in [1.165, 1.54) is 0 Å². The molecule has 0 aromatic carbocycles. The van der Waals surface area contributed by atoms with Crippen molar-refractivity contribution >= 4 is 5.97 Å². The van der Waals surface area contributed by atoms with Gasteiger partial charge >= 0.3 is 5.97 Å². The number of likely N-dealkylation sites (tertiary alicyclic amines) is 1. The van der Waals surface area contributed by atoms with Gasteiger partial charge in [0.05, 0.1) is 11.7 Å². The highest BCUT2D eigenvalue weighted by Crippen LogP contribution is 2.32. The third kappa shape index (κ3) is 2.38. The number of aryl methyl sites for hydroxylation is 1. The maximum Gasteiger partial charge on any atom is 0.320 e. The minimum atomic E-state index is -0.709. The lowest BCUT2D eigenvalue weighted by atomic mass is 10.0. The molecular formula is C14H20N2O2. The molecule has 1 aromatic rings. The van der Waals surface area contributed by atoms with Crippen LogP contribution in [0, 0.1) is 6.92 Å². The first kappa shape index (κ1) is 13.0. The molecule has 1 aliphatic heterocycles. The topological polar surface area (TPSA) is 53.4 Å². The Labute approximate surface area is 108 Å². The van der Waals surface area contributed by atoms with Crippen molar-refractivity contribution in [3.05, 3.63) is 29.6 Å². The molecule has 4 heteroatoms. The Hall–Kier alpha value is -1.42. The van der Waals surface area contributed by atoms with E-state index in [2.05, 4.69) is 16.8 Å². The van der Waals surface area contributed by atoms with E-state index in [1.54, 1.807) is 6.20 Å². The number of carbonyl (C=O) groups is 1. The molecule has 2 rings (SSSR count). The predicted molar refractivity (Wildman–Crippen MR) is 69.4 cm³/mol. The first-order chi connectivity index (χ1) is 8.65. The minimum Gasteiger partial charge on any atom is -0.480 e. The number of aromatic nitrogens is 1. The zero-order chi connectivity index (χ0) is 13.1. The summed E-state index contributed by atoms with van der Waals surface area (Å²) in [6.07, 6.45) is 4.38. The van der Waals surface area contributed by atoms with Gasteiger partial charge in [0, 0.05) is 6.20 Å². The predicted octanol–water partition coefficient (Wildman–Crippen LogP) is 2.39. The SMILES string of the molecule is CCC(c1ncccc1C)N1CCCC1C(=O)O.